The van der Waals surface area contributed by atoms with Gasteiger partial charge in [0.25, 0.3) is 0 Å². The second-order valence-electron chi connectivity index (χ2n) is 13.1. The zero-order valence-electron chi connectivity index (χ0n) is 26.0. The van der Waals surface area contributed by atoms with Crippen LogP contribution >= 0.6 is 0 Å². The summed E-state index contributed by atoms with van der Waals surface area (Å²) in [6.45, 7) is 2.30. The Labute approximate surface area is 260 Å². The second-order valence-corrected chi connectivity index (χ2v) is 13.1. The molecule has 2 amide bonds. The highest BCUT2D eigenvalue weighted by Gasteiger charge is 2.33. The van der Waals surface area contributed by atoms with Gasteiger partial charge in [0.2, 0.25) is 11.8 Å². The number of oxazole rings is 1. The van der Waals surface area contributed by atoms with Crippen molar-refractivity contribution in [3.05, 3.63) is 65.7 Å². The first-order valence-corrected chi connectivity index (χ1v) is 16.3. The van der Waals surface area contributed by atoms with E-state index in [9.17, 15) is 9.59 Å². The van der Waals surface area contributed by atoms with Crippen LogP contribution < -0.4 is 15.0 Å². The number of aromatic nitrogens is 1. The molecule has 0 radical (unpaired) electrons. The maximum absolute atomic E-state index is 14.2. The number of aryl methyl sites for hydroxylation is 1. The van der Waals surface area contributed by atoms with E-state index >= 15 is 0 Å². The minimum Gasteiger partial charge on any atom is -0.496 e. The second kappa shape index (κ2) is 13.6. The summed E-state index contributed by atoms with van der Waals surface area (Å²) in [5.74, 6) is 2.86. The first-order chi connectivity index (χ1) is 21.4. The van der Waals surface area contributed by atoms with Crippen molar-refractivity contribution in [1.82, 2.24) is 10.3 Å². The normalized spacial score (nSPS) is 23.6. The van der Waals surface area contributed by atoms with Crippen molar-refractivity contribution in [3.8, 4) is 17.0 Å². The third-order valence-corrected chi connectivity index (χ3v) is 9.93. The van der Waals surface area contributed by atoms with E-state index in [1.807, 2.05) is 23.1 Å². The van der Waals surface area contributed by atoms with Gasteiger partial charge in [-0.05, 0) is 112 Å². The summed E-state index contributed by atoms with van der Waals surface area (Å²) in [5, 5.41) is 12.0. The van der Waals surface area contributed by atoms with Crippen LogP contribution in [0.25, 0.3) is 11.3 Å². The molecule has 8 heteroatoms. The fourth-order valence-corrected chi connectivity index (χ4v) is 7.16. The number of amides is 2. The number of benzene rings is 2. The van der Waals surface area contributed by atoms with Gasteiger partial charge in [-0.2, -0.15) is 0 Å². The van der Waals surface area contributed by atoms with Gasteiger partial charge in [-0.15, -0.1) is 0 Å². The fourth-order valence-electron chi connectivity index (χ4n) is 7.16. The van der Waals surface area contributed by atoms with Crippen LogP contribution in [0.5, 0.6) is 5.75 Å². The highest BCUT2D eigenvalue weighted by Crippen LogP contribution is 2.41. The van der Waals surface area contributed by atoms with Gasteiger partial charge in [0.1, 0.15) is 24.3 Å². The molecular formula is C36H45N3O5. The number of nitrogens with zero attached hydrogens (tertiary/aromatic N) is 2. The third kappa shape index (κ3) is 7.01. The number of nitrogens with one attached hydrogen (secondary N) is 1. The first kappa shape index (κ1) is 30.4. The molecule has 8 nitrogen and oxygen atoms in total. The summed E-state index contributed by atoms with van der Waals surface area (Å²) in [7, 11) is 1.72. The number of carbonyl (C=O) groups excluding carboxylic acids is 2. The molecule has 3 saturated carbocycles. The third-order valence-electron chi connectivity index (χ3n) is 9.93. The average Bonchev–Trinajstić information content (AvgIpc) is 3.79. The Morgan fingerprint density at radius 3 is 2.41 bits per heavy atom. The van der Waals surface area contributed by atoms with Crippen molar-refractivity contribution in [2.24, 2.45) is 11.8 Å². The van der Waals surface area contributed by atoms with Crippen molar-refractivity contribution in [2.45, 2.75) is 89.0 Å². The van der Waals surface area contributed by atoms with Crippen LogP contribution in [0.1, 0.15) is 93.1 Å². The minimum atomic E-state index is -0.503. The number of rotatable bonds is 10. The number of aliphatic hydroxyl groups excluding tert-OH is 1. The predicted molar refractivity (Wildman–Crippen MR) is 170 cm³/mol. The van der Waals surface area contributed by atoms with Gasteiger partial charge in [-0.3, -0.25) is 9.59 Å². The number of ether oxygens (including phenoxy) is 1. The zero-order valence-corrected chi connectivity index (χ0v) is 26.0. The van der Waals surface area contributed by atoms with Gasteiger partial charge in [-0.25, -0.2) is 4.98 Å². The molecule has 0 atom stereocenters. The molecule has 1 aromatic heterocycles. The minimum absolute atomic E-state index is 0.0141. The number of hydrogen-bond donors (Lipinski definition) is 2. The molecule has 0 aliphatic heterocycles. The van der Waals surface area contributed by atoms with Gasteiger partial charge in [0.15, 0.2) is 5.89 Å². The van der Waals surface area contributed by atoms with E-state index in [-0.39, 0.29) is 23.8 Å². The smallest absolute Gasteiger partial charge is 0.245 e. The summed E-state index contributed by atoms with van der Waals surface area (Å²) in [6, 6.07) is 14.8. The van der Waals surface area contributed by atoms with E-state index in [4.69, 9.17) is 19.2 Å². The molecule has 3 aromatic rings. The number of aliphatic hydroxyl groups is 1. The van der Waals surface area contributed by atoms with Gasteiger partial charge in [0, 0.05) is 35.7 Å². The van der Waals surface area contributed by atoms with E-state index in [1.165, 1.54) is 11.1 Å². The van der Waals surface area contributed by atoms with Crippen LogP contribution in [-0.4, -0.2) is 48.2 Å². The molecule has 44 heavy (non-hydrogen) atoms. The number of hydrogen-bond acceptors (Lipinski definition) is 6. The molecule has 1 heterocycles. The average molecular weight is 600 g/mol. The number of anilines is 1. The van der Waals surface area contributed by atoms with Crippen LogP contribution in [0.4, 0.5) is 5.69 Å². The van der Waals surface area contributed by atoms with Crippen molar-refractivity contribution < 1.29 is 23.8 Å². The molecule has 6 rings (SSSR count). The molecule has 234 valence electrons. The molecule has 2 N–H and O–H groups in total. The number of carbonyl (C=O) groups is 2. The Morgan fingerprint density at radius 1 is 0.977 bits per heavy atom. The molecule has 0 saturated heterocycles. The summed E-state index contributed by atoms with van der Waals surface area (Å²) >= 11 is 0. The Bertz CT molecular complexity index is 1450. The maximum Gasteiger partial charge on any atom is 0.245 e. The van der Waals surface area contributed by atoms with E-state index in [2.05, 4.69) is 36.5 Å². The van der Waals surface area contributed by atoms with Crippen molar-refractivity contribution in [1.29, 1.82) is 0 Å². The topological polar surface area (TPSA) is 105 Å². The monoisotopic (exact) mass is 599 g/mol. The van der Waals surface area contributed by atoms with Crippen molar-refractivity contribution in [2.75, 3.05) is 25.2 Å². The van der Waals surface area contributed by atoms with Crippen molar-refractivity contribution >= 4 is 17.5 Å². The molecule has 2 aromatic carbocycles. The van der Waals surface area contributed by atoms with E-state index < -0.39 is 6.61 Å². The molecule has 3 fully saturated rings. The molecule has 3 aliphatic rings. The summed E-state index contributed by atoms with van der Waals surface area (Å²) in [4.78, 5) is 32.7. The van der Waals surface area contributed by atoms with Crippen LogP contribution in [0.15, 0.2) is 53.1 Å². The molecule has 0 unspecified atom stereocenters. The summed E-state index contributed by atoms with van der Waals surface area (Å²) < 4.78 is 11.2. The Hall–Kier alpha value is -3.65. The number of methoxy groups -OCH3 is 1. The first-order valence-electron chi connectivity index (χ1n) is 16.3. The van der Waals surface area contributed by atoms with Crippen LogP contribution in [-0.2, 0) is 9.59 Å². The summed E-state index contributed by atoms with van der Waals surface area (Å²) in [6.07, 6.45) is 11.3. The fraction of sp³-hybridized carbons (Fsp3) is 0.528. The Morgan fingerprint density at radius 2 is 1.73 bits per heavy atom. The largest absolute Gasteiger partial charge is 0.496 e. The zero-order chi connectivity index (χ0) is 30.6. The van der Waals surface area contributed by atoms with Crippen LogP contribution in [0.3, 0.4) is 0 Å². The predicted octanol–water partition coefficient (Wildman–Crippen LogP) is 6.51. The Kier molecular flexibility index (Phi) is 9.36. The highest BCUT2D eigenvalue weighted by molar-refractivity contribution is 5.95. The molecule has 0 spiro atoms. The lowest BCUT2D eigenvalue weighted by molar-refractivity contribution is -0.125. The lowest BCUT2D eigenvalue weighted by Crippen LogP contribution is -2.44. The van der Waals surface area contributed by atoms with Gasteiger partial charge >= 0.3 is 0 Å². The maximum atomic E-state index is 14.2. The molecular weight excluding hydrogens is 554 g/mol. The standard InChI is InChI=1S/C36H45N3O5/c1-23-18-28(14-17-33(23)43-2)25-8-6-24(7-9-25)20-39(36(42)27-12-15-30(16-13-27)37-34(41)21-40)31-5-3-4-29(19-31)32-22-44-35(38-32)26-10-11-26/h3-5,14,17-19,22,24-27,30,40H,6-13,15-16,20-21H2,1-2H3,(H,37,41)/t24-,25-,27-,30-. The van der Waals surface area contributed by atoms with Crippen LogP contribution in [0, 0.1) is 18.8 Å². The molecule has 3 aliphatic carbocycles. The summed E-state index contributed by atoms with van der Waals surface area (Å²) in [5.41, 5.74) is 5.24. The highest BCUT2D eigenvalue weighted by atomic mass is 16.5. The Balaban J connectivity index is 1.17. The lowest BCUT2D eigenvalue weighted by atomic mass is 9.78. The quantitative estimate of drug-likeness (QED) is 0.275. The lowest BCUT2D eigenvalue weighted by Gasteiger charge is -2.36. The van der Waals surface area contributed by atoms with Crippen molar-refractivity contribution in [3.63, 3.8) is 0 Å². The van der Waals surface area contributed by atoms with E-state index in [1.54, 1.807) is 13.4 Å². The van der Waals surface area contributed by atoms with Crippen LogP contribution in [0.2, 0.25) is 0 Å². The van der Waals surface area contributed by atoms with Gasteiger partial charge in [0.05, 0.1) is 7.11 Å². The van der Waals surface area contributed by atoms with Gasteiger partial charge in [-0.1, -0.05) is 24.3 Å². The van der Waals surface area contributed by atoms with E-state index in [0.29, 0.717) is 24.3 Å². The molecule has 0 bridgehead atoms. The van der Waals surface area contributed by atoms with E-state index in [0.717, 1.165) is 92.8 Å². The SMILES string of the molecule is COc1ccc([C@H]2CC[C@H](CN(c3cccc(-c4coc(C5CC5)n4)c3)C(=O)[C@H]3CC[C@H](NC(=O)CO)CC3)CC2)cc1C. The van der Waals surface area contributed by atoms with Gasteiger partial charge < -0.3 is 24.5 Å².